The molecule has 1 fully saturated rings. The second-order valence-electron chi connectivity index (χ2n) is 2.78. The molecule has 4 atom stereocenters. The summed E-state index contributed by atoms with van der Waals surface area (Å²) in [6, 6.07) is 0. The molecule has 3 heteroatoms. The number of aliphatic hydroxyl groups is 1. The molecule has 10 heavy (non-hydrogen) atoms. The van der Waals surface area contributed by atoms with Crippen molar-refractivity contribution in [3.05, 3.63) is 0 Å². The number of rotatable bonds is 1. The Morgan fingerprint density at radius 3 is 2.40 bits per heavy atom. The zero-order valence-corrected chi connectivity index (χ0v) is 6.25. The van der Waals surface area contributed by atoms with Gasteiger partial charge in [0.15, 0.2) is 12.5 Å². The lowest BCUT2D eigenvalue weighted by Crippen LogP contribution is -2.20. The van der Waals surface area contributed by atoms with Crippen molar-refractivity contribution in [1.29, 1.82) is 0 Å². The minimum Gasteiger partial charge on any atom is -0.366 e. The van der Waals surface area contributed by atoms with Crippen molar-refractivity contribution in [3.63, 3.8) is 0 Å². The van der Waals surface area contributed by atoms with Crippen LogP contribution >= 0.6 is 0 Å². The first-order chi connectivity index (χ1) is 4.66. The van der Waals surface area contributed by atoms with Gasteiger partial charge in [0.05, 0.1) is 6.10 Å². The Hall–Kier alpha value is -0.150. The van der Waals surface area contributed by atoms with Crippen LogP contribution in [0.5, 0.6) is 0 Å². The van der Waals surface area contributed by atoms with Crippen molar-refractivity contribution in [2.24, 2.45) is 5.92 Å². The van der Waals surface area contributed by atoms with Crippen LogP contribution in [-0.2, 0) is 4.74 Å². The van der Waals surface area contributed by atoms with E-state index in [1.807, 2.05) is 6.92 Å². The van der Waals surface area contributed by atoms with E-state index < -0.39 is 12.5 Å². The van der Waals surface area contributed by atoms with E-state index in [0.717, 1.165) is 6.42 Å². The summed E-state index contributed by atoms with van der Waals surface area (Å²) in [6.45, 7) is 3.68. The van der Waals surface area contributed by atoms with Gasteiger partial charge in [-0.05, 0) is 6.42 Å². The number of alkyl halides is 1. The van der Waals surface area contributed by atoms with Crippen LogP contribution in [0.2, 0.25) is 0 Å². The Balaban J connectivity index is 2.53. The van der Waals surface area contributed by atoms with E-state index in [-0.39, 0.29) is 12.0 Å². The van der Waals surface area contributed by atoms with Gasteiger partial charge >= 0.3 is 0 Å². The Labute approximate surface area is 60.0 Å². The highest BCUT2D eigenvalue weighted by Crippen LogP contribution is 2.29. The smallest absolute Gasteiger partial charge is 0.186 e. The average molecular weight is 148 g/mol. The molecule has 0 radical (unpaired) electrons. The van der Waals surface area contributed by atoms with Gasteiger partial charge in [0.1, 0.15) is 0 Å². The third kappa shape index (κ3) is 1.16. The maximum Gasteiger partial charge on any atom is 0.186 e. The first kappa shape index (κ1) is 7.95. The van der Waals surface area contributed by atoms with Crippen LogP contribution in [0.15, 0.2) is 0 Å². The minimum atomic E-state index is -1.20. The van der Waals surface area contributed by atoms with E-state index >= 15 is 0 Å². The van der Waals surface area contributed by atoms with Crippen molar-refractivity contribution in [2.45, 2.75) is 38.8 Å². The molecule has 0 saturated carbocycles. The minimum absolute atomic E-state index is 0.106. The van der Waals surface area contributed by atoms with Gasteiger partial charge < -0.3 is 9.84 Å². The van der Waals surface area contributed by atoms with Crippen molar-refractivity contribution in [3.8, 4) is 0 Å². The summed E-state index contributed by atoms with van der Waals surface area (Å²) in [4.78, 5) is 0. The number of hydrogen-bond acceptors (Lipinski definition) is 2. The number of halogens is 1. The average Bonchev–Trinajstić information content (AvgIpc) is 2.17. The topological polar surface area (TPSA) is 29.5 Å². The predicted octanol–water partition coefficient (Wildman–Crippen LogP) is 1.09. The SMILES string of the molecule is CC[C@H]1O[C@H](O)[C@@H](F)[C@@H]1C. The summed E-state index contributed by atoms with van der Waals surface area (Å²) in [5.41, 5.74) is 0. The van der Waals surface area contributed by atoms with E-state index in [9.17, 15) is 4.39 Å². The van der Waals surface area contributed by atoms with Crippen LogP contribution in [0.4, 0.5) is 4.39 Å². The molecular weight excluding hydrogens is 135 g/mol. The predicted molar refractivity (Wildman–Crippen MR) is 35.2 cm³/mol. The molecule has 1 rings (SSSR count). The number of aliphatic hydroxyl groups excluding tert-OH is 1. The highest BCUT2D eigenvalue weighted by molar-refractivity contribution is 4.82. The molecule has 1 saturated heterocycles. The lowest BCUT2D eigenvalue weighted by atomic mass is 10.0. The van der Waals surface area contributed by atoms with Crippen molar-refractivity contribution >= 4 is 0 Å². The van der Waals surface area contributed by atoms with E-state index in [4.69, 9.17) is 9.84 Å². The van der Waals surface area contributed by atoms with Crippen LogP contribution in [-0.4, -0.2) is 23.7 Å². The zero-order chi connectivity index (χ0) is 7.72. The molecule has 0 aliphatic carbocycles. The fraction of sp³-hybridized carbons (Fsp3) is 1.00. The summed E-state index contributed by atoms with van der Waals surface area (Å²) in [6.07, 6.45) is -1.74. The second-order valence-corrected chi connectivity index (χ2v) is 2.78. The Kier molecular flexibility index (Phi) is 2.26. The molecule has 2 nitrogen and oxygen atoms in total. The summed E-state index contributed by atoms with van der Waals surface area (Å²) < 4.78 is 17.7. The van der Waals surface area contributed by atoms with Gasteiger partial charge in [0.25, 0.3) is 0 Å². The van der Waals surface area contributed by atoms with E-state index in [2.05, 4.69) is 0 Å². The first-order valence-corrected chi connectivity index (χ1v) is 3.64. The second kappa shape index (κ2) is 2.84. The van der Waals surface area contributed by atoms with E-state index in [1.165, 1.54) is 0 Å². The molecule has 60 valence electrons. The van der Waals surface area contributed by atoms with Gasteiger partial charge in [-0.1, -0.05) is 13.8 Å². The maximum absolute atomic E-state index is 12.8. The first-order valence-electron chi connectivity index (χ1n) is 3.64. The van der Waals surface area contributed by atoms with Crippen LogP contribution in [0.1, 0.15) is 20.3 Å². The molecule has 0 bridgehead atoms. The molecule has 0 aromatic rings. The molecule has 1 aliphatic heterocycles. The van der Waals surface area contributed by atoms with Crippen LogP contribution in [0, 0.1) is 5.92 Å². The van der Waals surface area contributed by atoms with Gasteiger partial charge in [-0.15, -0.1) is 0 Å². The van der Waals surface area contributed by atoms with E-state index in [1.54, 1.807) is 6.92 Å². The van der Waals surface area contributed by atoms with Gasteiger partial charge in [-0.2, -0.15) is 0 Å². The summed E-state index contributed by atoms with van der Waals surface area (Å²) in [7, 11) is 0. The molecule has 0 aromatic carbocycles. The number of hydrogen-bond donors (Lipinski definition) is 1. The summed E-state index contributed by atoms with van der Waals surface area (Å²) in [5.74, 6) is -0.167. The highest BCUT2D eigenvalue weighted by atomic mass is 19.1. The van der Waals surface area contributed by atoms with Gasteiger partial charge in [0, 0.05) is 5.92 Å². The lowest BCUT2D eigenvalue weighted by molar-refractivity contribution is -0.112. The third-order valence-electron chi connectivity index (χ3n) is 2.08. The van der Waals surface area contributed by atoms with Crippen LogP contribution in [0.25, 0.3) is 0 Å². The molecule has 1 aliphatic rings. The Morgan fingerprint density at radius 2 is 2.20 bits per heavy atom. The molecular formula is C7H13FO2. The molecule has 1 heterocycles. The fourth-order valence-corrected chi connectivity index (χ4v) is 1.31. The summed E-state index contributed by atoms with van der Waals surface area (Å²) in [5, 5.41) is 8.87. The normalized spacial score (nSPS) is 48.0. The Morgan fingerprint density at radius 1 is 1.60 bits per heavy atom. The van der Waals surface area contributed by atoms with Crippen molar-refractivity contribution in [2.75, 3.05) is 0 Å². The largest absolute Gasteiger partial charge is 0.366 e. The molecule has 0 unspecified atom stereocenters. The monoisotopic (exact) mass is 148 g/mol. The fourth-order valence-electron chi connectivity index (χ4n) is 1.31. The quantitative estimate of drug-likeness (QED) is 0.603. The number of ether oxygens (including phenoxy) is 1. The third-order valence-corrected chi connectivity index (χ3v) is 2.08. The Bertz CT molecular complexity index is 118. The zero-order valence-electron chi connectivity index (χ0n) is 6.25. The van der Waals surface area contributed by atoms with Crippen molar-refractivity contribution in [1.82, 2.24) is 0 Å². The molecule has 0 spiro atoms. The molecule has 0 aromatic heterocycles. The summed E-state index contributed by atoms with van der Waals surface area (Å²) >= 11 is 0. The van der Waals surface area contributed by atoms with Gasteiger partial charge in [0.2, 0.25) is 0 Å². The standard InChI is InChI=1S/C7H13FO2/c1-3-5-4(2)6(8)7(9)10-5/h4-7,9H,3H2,1-2H3/t4-,5-,6+,7+/m1/s1. The van der Waals surface area contributed by atoms with Gasteiger partial charge in [-0.25, -0.2) is 4.39 Å². The lowest BCUT2D eigenvalue weighted by Gasteiger charge is -2.10. The van der Waals surface area contributed by atoms with Crippen LogP contribution < -0.4 is 0 Å². The van der Waals surface area contributed by atoms with Gasteiger partial charge in [-0.3, -0.25) is 0 Å². The van der Waals surface area contributed by atoms with Crippen molar-refractivity contribution < 1.29 is 14.2 Å². The molecule has 0 amide bonds. The molecule has 1 N–H and O–H groups in total. The maximum atomic E-state index is 12.8. The highest BCUT2D eigenvalue weighted by Gasteiger charge is 2.39. The van der Waals surface area contributed by atoms with Crippen LogP contribution in [0.3, 0.4) is 0 Å². The van der Waals surface area contributed by atoms with E-state index in [0.29, 0.717) is 0 Å².